The number of esters is 1. The van der Waals surface area contributed by atoms with Gasteiger partial charge in [-0.15, -0.1) is 0 Å². The van der Waals surface area contributed by atoms with Crippen LogP contribution in [0.4, 0.5) is 17.1 Å². The summed E-state index contributed by atoms with van der Waals surface area (Å²) in [5, 5.41) is 13.6. The molecule has 2 aliphatic rings. The minimum Gasteiger partial charge on any atom is -0.453 e. The first-order valence-electron chi connectivity index (χ1n) is 8.84. The molecule has 2 aromatic rings. The van der Waals surface area contributed by atoms with E-state index < -0.39 is 28.3 Å². The molecular weight excluding hydrogens is 434 g/mol. The fourth-order valence-corrected chi connectivity index (χ4v) is 5.04. The van der Waals surface area contributed by atoms with E-state index in [0.29, 0.717) is 5.69 Å². The number of nitrogens with one attached hydrogen (secondary N) is 1. The SMILES string of the molecule is O=C(COC(=O)C12CCC(=O)N1c1ccccc1S2)Nc1ccc(Cl)cc1[N+](=O)[O-]. The number of nitro benzene ring substituents is 1. The maximum atomic E-state index is 12.9. The first kappa shape index (κ1) is 20.2. The van der Waals surface area contributed by atoms with Crippen LogP contribution < -0.4 is 10.2 Å². The minimum atomic E-state index is -1.24. The Hall–Kier alpha value is -3.11. The van der Waals surface area contributed by atoms with Gasteiger partial charge in [0.2, 0.25) is 5.91 Å². The highest BCUT2D eigenvalue weighted by Gasteiger charge is 2.58. The maximum Gasteiger partial charge on any atom is 0.344 e. The van der Waals surface area contributed by atoms with Crippen LogP contribution in [0, 0.1) is 10.1 Å². The number of thioether (sulfide) groups is 1. The molecule has 2 aliphatic heterocycles. The molecule has 154 valence electrons. The number of carbonyl (C=O) groups excluding carboxylic acids is 3. The highest BCUT2D eigenvalue weighted by Crippen LogP contribution is 2.56. The zero-order valence-electron chi connectivity index (χ0n) is 15.3. The highest BCUT2D eigenvalue weighted by molar-refractivity contribution is 8.02. The van der Waals surface area contributed by atoms with Gasteiger partial charge < -0.3 is 10.1 Å². The van der Waals surface area contributed by atoms with Crippen LogP contribution in [-0.2, 0) is 19.1 Å². The average molecular weight is 448 g/mol. The van der Waals surface area contributed by atoms with Crippen molar-refractivity contribution >= 4 is 58.2 Å². The topological polar surface area (TPSA) is 119 Å². The molecule has 11 heteroatoms. The molecule has 2 aromatic carbocycles. The summed E-state index contributed by atoms with van der Waals surface area (Å²) in [4.78, 5) is 48.9. The third-order valence-corrected chi connectivity index (χ3v) is 6.45. The number of amides is 2. The molecule has 0 bridgehead atoms. The van der Waals surface area contributed by atoms with Gasteiger partial charge in [-0.2, -0.15) is 0 Å². The van der Waals surface area contributed by atoms with Crippen LogP contribution in [-0.4, -0.2) is 34.2 Å². The summed E-state index contributed by atoms with van der Waals surface area (Å²) in [6.07, 6.45) is 0.452. The van der Waals surface area contributed by atoms with E-state index in [1.807, 2.05) is 12.1 Å². The standard InChI is InChI=1S/C19H14ClN3O6S/c20-11-5-6-12(14(9-11)23(27)28)21-16(24)10-29-18(26)19-8-7-17(25)22(19)13-3-1-2-4-15(13)30-19/h1-6,9H,7-8,10H2,(H,21,24). The molecule has 9 nitrogen and oxygen atoms in total. The van der Waals surface area contributed by atoms with Gasteiger partial charge in [0, 0.05) is 28.8 Å². The van der Waals surface area contributed by atoms with Gasteiger partial charge >= 0.3 is 5.97 Å². The van der Waals surface area contributed by atoms with E-state index in [2.05, 4.69) is 5.32 Å². The number of nitrogens with zero attached hydrogens (tertiary/aromatic N) is 2. The van der Waals surface area contributed by atoms with Crippen molar-refractivity contribution in [1.29, 1.82) is 0 Å². The van der Waals surface area contributed by atoms with Crippen molar-refractivity contribution in [2.75, 3.05) is 16.8 Å². The number of hydrogen-bond donors (Lipinski definition) is 1. The van der Waals surface area contributed by atoms with Crippen molar-refractivity contribution in [2.45, 2.75) is 22.6 Å². The van der Waals surface area contributed by atoms with Crippen molar-refractivity contribution < 1.29 is 24.0 Å². The van der Waals surface area contributed by atoms with E-state index in [4.69, 9.17) is 16.3 Å². The number of halogens is 1. The van der Waals surface area contributed by atoms with Crippen LogP contribution in [0.1, 0.15) is 12.8 Å². The second-order valence-electron chi connectivity index (χ2n) is 6.63. The Labute approximate surface area is 179 Å². The lowest BCUT2D eigenvalue weighted by Crippen LogP contribution is -2.48. The van der Waals surface area contributed by atoms with Gasteiger partial charge in [-0.1, -0.05) is 35.5 Å². The smallest absolute Gasteiger partial charge is 0.344 e. The van der Waals surface area contributed by atoms with Crippen molar-refractivity contribution in [3.63, 3.8) is 0 Å². The highest BCUT2D eigenvalue weighted by atomic mass is 35.5. The van der Waals surface area contributed by atoms with Crippen LogP contribution in [0.15, 0.2) is 47.4 Å². The number of rotatable bonds is 5. The maximum absolute atomic E-state index is 12.9. The van der Waals surface area contributed by atoms with Gasteiger partial charge in [0.1, 0.15) is 5.69 Å². The van der Waals surface area contributed by atoms with Gasteiger partial charge in [0.05, 0.1) is 10.6 Å². The zero-order valence-corrected chi connectivity index (χ0v) is 16.9. The summed E-state index contributed by atoms with van der Waals surface area (Å²) in [6, 6.07) is 10.9. The summed E-state index contributed by atoms with van der Waals surface area (Å²) in [5.41, 5.74) is 0.197. The number of benzene rings is 2. The van der Waals surface area contributed by atoms with Crippen molar-refractivity contribution in [1.82, 2.24) is 0 Å². The fraction of sp³-hybridized carbons (Fsp3) is 0.211. The van der Waals surface area contributed by atoms with E-state index in [-0.39, 0.29) is 35.1 Å². The summed E-state index contributed by atoms with van der Waals surface area (Å²) < 4.78 is 5.21. The molecule has 30 heavy (non-hydrogen) atoms. The van der Waals surface area contributed by atoms with E-state index in [1.165, 1.54) is 28.8 Å². The molecule has 1 unspecified atom stereocenters. The summed E-state index contributed by atoms with van der Waals surface area (Å²) in [7, 11) is 0. The molecule has 1 atom stereocenters. The molecule has 0 saturated carbocycles. The Morgan fingerprint density at radius 2 is 2.07 bits per heavy atom. The summed E-state index contributed by atoms with van der Waals surface area (Å²) in [6.45, 7) is -0.653. The number of carbonyl (C=O) groups is 3. The molecule has 2 heterocycles. The lowest BCUT2D eigenvalue weighted by Gasteiger charge is -2.28. The van der Waals surface area contributed by atoms with Crippen LogP contribution in [0.3, 0.4) is 0 Å². The Kier molecular flexibility index (Phi) is 5.12. The largest absolute Gasteiger partial charge is 0.453 e. The minimum absolute atomic E-state index is 0.0658. The van der Waals surface area contributed by atoms with Crippen molar-refractivity contribution in [3.05, 3.63) is 57.6 Å². The summed E-state index contributed by atoms with van der Waals surface area (Å²) in [5.74, 6) is -1.65. The third-order valence-electron chi connectivity index (χ3n) is 4.76. The van der Waals surface area contributed by atoms with E-state index in [0.717, 1.165) is 11.0 Å². The van der Waals surface area contributed by atoms with Crippen LogP contribution in [0.25, 0.3) is 0 Å². The predicted molar refractivity (Wildman–Crippen MR) is 109 cm³/mol. The van der Waals surface area contributed by atoms with Gasteiger partial charge in [0.15, 0.2) is 11.5 Å². The molecular formula is C19H14ClN3O6S. The molecule has 1 fully saturated rings. The average Bonchev–Trinajstić information content (AvgIpc) is 3.23. The molecule has 0 aromatic heterocycles. The Bertz CT molecular complexity index is 1090. The van der Waals surface area contributed by atoms with Crippen molar-refractivity contribution in [3.8, 4) is 0 Å². The fourth-order valence-electron chi connectivity index (χ4n) is 3.46. The molecule has 0 aliphatic carbocycles. The Morgan fingerprint density at radius 3 is 2.83 bits per heavy atom. The predicted octanol–water partition coefficient (Wildman–Crippen LogP) is 3.36. The normalized spacial score (nSPS) is 19.2. The number of para-hydroxylation sites is 1. The monoisotopic (exact) mass is 447 g/mol. The molecule has 0 spiro atoms. The van der Waals surface area contributed by atoms with Crippen LogP contribution in [0.2, 0.25) is 5.02 Å². The first-order chi connectivity index (χ1) is 14.3. The number of hydrogen-bond acceptors (Lipinski definition) is 7. The Morgan fingerprint density at radius 1 is 1.30 bits per heavy atom. The molecule has 2 amide bonds. The van der Waals surface area contributed by atoms with Crippen LogP contribution >= 0.6 is 23.4 Å². The quantitative estimate of drug-likeness (QED) is 0.424. The van der Waals surface area contributed by atoms with Gasteiger partial charge in [-0.25, -0.2) is 4.79 Å². The second kappa shape index (κ2) is 7.62. The number of anilines is 2. The Balaban J connectivity index is 1.46. The second-order valence-corrected chi connectivity index (χ2v) is 8.38. The van der Waals surface area contributed by atoms with E-state index in [1.54, 1.807) is 12.1 Å². The van der Waals surface area contributed by atoms with Gasteiger partial charge in [0.25, 0.3) is 11.6 Å². The molecule has 1 saturated heterocycles. The van der Waals surface area contributed by atoms with E-state index in [9.17, 15) is 24.5 Å². The number of nitro groups is 1. The molecule has 0 radical (unpaired) electrons. The van der Waals surface area contributed by atoms with E-state index >= 15 is 0 Å². The lowest BCUT2D eigenvalue weighted by atomic mass is 10.2. The van der Waals surface area contributed by atoms with Crippen LogP contribution in [0.5, 0.6) is 0 Å². The number of fused-ring (bicyclic) bond motifs is 3. The summed E-state index contributed by atoms with van der Waals surface area (Å²) >= 11 is 6.98. The zero-order chi connectivity index (χ0) is 21.5. The van der Waals surface area contributed by atoms with Gasteiger partial charge in [-0.05, 0) is 24.3 Å². The van der Waals surface area contributed by atoms with Gasteiger partial charge in [-0.3, -0.25) is 24.6 Å². The number of ether oxygens (including phenoxy) is 1. The lowest BCUT2D eigenvalue weighted by molar-refractivity contribution is -0.383. The molecule has 1 N–H and O–H groups in total. The molecule has 4 rings (SSSR count). The third kappa shape index (κ3) is 3.37. The van der Waals surface area contributed by atoms with Crippen molar-refractivity contribution in [2.24, 2.45) is 0 Å². The first-order valence-corrected chi connectivity index (χ1v) is 10.0.